The number of halogens is 2. The number of carbonyl (C=O) groups is 2. The molecule has 3 aromatic carbocycles. The van der Waals surface area contributed by atoms with E-state index in [0.717, 1.165) is 4.31 Å². The molecule has 39 heavy (non-hydrogen) atoms. The van der Waals surface area contributed by atoms with Gasteiger partial charge in [0.15, 0.2) is 0 Å². The summed E-state index contributed by atoms with van der Waals surface area (Å²) in [6, 6.07) is 17.3. The van der Waals surface area contributed by atoms with Crippen LogP contribution >= 0.6 is 11.6 Å². The Bertz CT molecular complexity index is 1400. The number of rotatable bonds is 11. The molecule has 2 amide bonds. The van der Waals surface area contributed by atoms with E-state index in [1.165, 1.54) is 41.3 Å². The van der Waals surface area contributed by atoms with E-state index in [1.807, 2.05) is 13.8 Å². The molecule has 0 radical (unpaired) electrons. The fraction of sp³-hybridized carbons (Fsp3) is 0.310. The Balaban J connectivity index is 2.04. The fourth-order valence-electron chi connectivity index (χ4n) is 3.92. The van der Waals surface area contributed by atoms with E-state index in [0.29, 0.717) is 22.7 Å². The number of hydrogen-bond acceptors (Lipinski definition) is 4. The van der Waals surface area contributed by atoms with Crippen LogP contribution < -0.4 is 9.62 Å². The van der Waals surface area contributed by atoms with Gasteiger partial charge in [0, 0.05) is 18.1 Å². The number of amides is 2. The molecule has 0 saturated heterocycles. The molecule has 1 atom stereocenters. The first-order chi connectivity index (χ1) is 18.4. The molecule has 0 aliphatic carbocycles. The largest absolute Gasteiger partial charge is 0.354 e. The zero-order valence-electron chi connectivity index (χ0n) is 22.4. The molecule has 0 aromatic heterocycles. The Morgan fingerprint density at radius 3 is 2.21 bits per heavy atom. The zero-order chi connectivity index (χ0) is 28.7. The van der Waals surface area contributed by atoms with Gasteiger partial charge in [-0.3, -0.25) is 13.9 Å². The van der Waals surface area contributed by atoms with Crippen molar-refractivity contribution in [3.05, 3.63) is 94.8 Å². The van der Waals surface area contributed by atoms with Crippen molar-refractivity contribution in [3.8, 4) is 0 Å². The molecule has 3 rings (SSSR count). The molecular formula is C29H33ClFN3O4S. The normalized spacial score (nSPS) is 12.2. The summed E-state index contributed by atoms with van der Waals surface area (Å²) in [5.74, 6) is -1.23. The number of nitrogens with zero attached hydrogens (tertiary/aromatic N) is 2. The first-order valence-electron chi connectivity index (χ1n) is 12.6. The first kappa shape index (κ1) is 30.1. The highest BCUT2D eigenvalue weighted by Crippen LogP contribution is 2.31. The predicted octanol–water partition coefficient (Wildman–Crippen LogP) is 5.17. The SMILES string of the molecule is Cc1c(Cl)cccc1N(CC(=O)N(Cc1ccc(F)cc1)[C@H](C)C(=O)NCC(C)C)S(=O)(=O)c1ccccc1. The van der Waals surface area contributed by atoms with Crippen molar-refractivity contribution in [1.29, 1.82) is 0 Å². The number of sulfonamides is 1. The van der Waals surface area contributed by atoms with Crippen LogP contribution in [-0.2, 0) is 26.2 Å². The first-order valence-corrected chi connectivity index (χ1v) is 14.4. The minimum absolute atomic E-state index is 0.00462. The highest BCUT2D eigenvalue weighted by Gasteiger charge is 2.33. The third-order valence-corrected chi connectivity index (χ3v) is 8.42. The van der Waals surface area contributed by atoms with Crippen LogP contribution in [-0.4, -0.2) is 44.3 Å². The maximum Gasteiger partial charge on any atom is 0.264 e. The Kier molecular flexibility index (Phi) is 10.1. The Hall–Kier alpha value is -3.43. The van der Waals surface area contributed by atoms with Gasteiger partial charge in [-0.1, -0.05) is 61.8 Å². The van der Waals surface area contributed by atoms with Crippen LogP contribution in [0.2, 0.25) is 5.02 Å². The molecule has 10 heteroatoms. The Morgan fingerprint density at radius 1 is 0.949 bits per heavy atom. The van der Waals surface area contributed by atoms with Crippen LogP contribution in [0.4, 0.5) is 10.1 Å². The standard InChI is InChI=1S/C29H33ClFN3O4S/c1-20(2)17-32-29(36)22(4)33(18-23-13-15-24(31)16-14-23)28(35)19-34(27-12-8-11-26(30)21(27)3)39(37,38)25-9-6-5-7-10-25/h5-16,20,22H,17-19H2,1-4H3,(H,32,36)/t22-/m1/s1. The lowest BCUT2D eigenvalue weighted by Crippen LogP contribution is -2.51. The van der Waals surface area contributed by atoms with Gasteiger partial charge in [0.1, 0.15) is 18.4 Å². The minimum atomic E-state index is -4.19. The van der Waals surface area contributed by atoms with Crippen LogP contribution in [0.15, 0.2) is 77.7 Å². The van der Waals surface area contributed by atoms with Crippen molar-refractivity contribution in [1.82, 2.24) is 10.2 Å². The van der Waals surface area contributed by atoms with E-state index in [1.54, 1.807) is 50.2 Å². The van der Waals surface area contributed by atoms with Gasteiger partial charge in [0.05, 0.1) is 10.6 Å². The van der Waals surface area contributed by atoms with Gasteiger partial charge in [0.25, 0.3) is 10.0 Å². The molecule has 3 aromatic rings. The van der Waals surface area contributed by atoms with Gasteiger partial charge >= 0.3 is 0 Å². The third kappa shape index (κ3) is 7.58. The Morgan fingerprint density at radius 2 is 1.59 bits per heavy atom. The molecule has 1 N–H and O–H groups in total. The summed E-state index contributed by atoms with van der Waals surface area (Å²) in [4.78, 5) is 28.2. The molecular weight excluding hydrogens is 541 g/mol. The quantitative estimate of drug-likeness (QED) is 0.343. The number of benzene rings is 3. The fourth-order valence-corrected chi connectivity index (χ4v) is 5.58. The summed E-state index contributed by atoms with van der Waals surface area (Å²) in [5.41, 5.74) is 1.32. The summed E-state index contributed by atoms with van der Waals surface area (Å²) in [6.07, 6.45) is 0. The van der Waals surface area contributed by atoms with E-state index in [4.69, 9.17) is 11.6 Å². The third-order valence-electron chi connectivity index (χ3n) is 6.24. The van der Waals surface area contributed by atoms with E-state index in [9.17, 15) is 22.4 Å². The van der Waals surface area contributed by atoms with Crippen molar-refractivity contribution in [2.24, 2.45) is 5.92 Å². The monoisotopic (exact) mass is 573 g/mol. The maximum absolute atomic E-state index is 13.9. The summed E-state index contributed by atoms with van der Waals surface area (Å²) in [5, 5.41) is 3.17. The topological polar surface area (TPSA) is 86.8 Å². The second-order valence-corrected chi connectivity index (χ2v) is 11.9. The molecule has 7 nitrogen and oxygen atoms in total. The van der Waals surface area contributed by atoms with Crippen LogP contribution in [0, 0.1) is 18.7 Å². The van der Waals surface area contributed by atoms with E-state index in [-0.39, 0.29) is 29.0 Å². The number of anilines is 1. The van der Waals surface area contributed by atoms with Gasteiger partial charge < -0.3 is 10.2 Å². The van der Waals surface area contributed by atoms with Gasteiger partial charge in [-0.15, -0.1) is 0 Å². The molecule has 0 aliphatic heterocycles. The van der Waals surface area contributed by atoms with Crippen molar-refractivity contribution >= 4 is 39.1 Å². The number of hydrogen-bond donors (Lipinski definition) is 1. The van der Waals surface area contributed by atoms with Gasteiger partial charge in [0.2, 0.25) is 11.8 Å². The average Bonchev–Trinajstić information content (AvgIpc) is 2.91. The van der Waals surface area contributed by atoms with Gasteiger partial charge in [-0.2, -0.15) is 0 Å². The van der Waals surface area contributed by atoms with Gasteiger partial charge in [-0.05, 0) is 67.3 Å². The molecule has 0 bridgehead atoms. The summed E-state index contributed by atoms with van der Waals surface area (Å²) < 4.78 is 42.2. The molecule has 0 aliphatic rings. The summed E-state index contributed by atoms with van der Waals surface area (Å²) in [7, 11) is -4.19. The molecule has 0 fully saturated rings. The predicted molar refractivity (Wildman–Crippen MR) is 151 cm³/mol. The smallest absolute Gasteiger partial charge is 0.264 e. The average molecular weight is 574 g/mol. The zero-order valence-corrected chi connectivity index (χ0v) is 24.0. The van der Waals surface area contributed by atoms with E-state index < -0.39 is 34.3 Å². The lowest BCUT2D eigenvalue weighted by atomic mass is 10.1. The minimum Gasteiger partial charge on any atom is -0.354 e. The molecule has 208 valence electrons. The van der Waals surface area contributed by atoms with Crippen molar-refractivity contribution < 1.29 is 22.4 Å². The van der Waals surface area contributed by atoms with Crippen LogP contribution in [0.25, 0.3) is 0 Å². The second kappa shape index (κ2) is 13.1. The van der Waals surface area contributed by atoms with Crippen molar-refractivity contribution in [3.63, 3.8) is 0 Å². The number of carbonyl (C=O) groups excluding carboxylic acids is 2. The highest BCUT2D eigenvalue weighted by molar-refractivity contribution is 7.92. The lowest BCUT2D eigenvalue weighted by molar-refractivity contribution is -0.139. The highest BCUT2D eigenvalue weighted by atomic mass is 35.5. The van der Waals surface area contributed by atoms with E-state index in [2.05, 4.69) is 5.32 Å². The van der Waals surface area contributed by atoms with Crippen molar-refractivity contribution in [2.75, 3.05) is 17.4 Å². The van der Waals surface area contributed by atoms with Crippen LogP contribution in [0.3, 0.4) is 0 Å². The molecule has 0 spiro atoms. The van der Waals surface area contributed by atoms with Crippen LogP contribution in [0.1, 0.15) is 31.9 Å². The number of nitrogens with one attached hydrogen (secondary N) is 1. The summed E-state index contributed by atoms with van der Waals surface area (Å²) >= 11 is 6.33. The molecule has 0 unspecified atom stereocenters. The maximum atomic E-state index is 13.9. The van der Waals surface area contributed by atoms with Gasteiger partial charge in [-0.25, -0.2) is 12.8 Å². The lowest BCUT2D eigenvalue weighted by Gasteiger charge is -2.32. The summed E-state index contributed by atoms with van der Waals surface area (Å²) in [6.45, 7) is 6.96. The van der Waals surface area contributed by atoms with E-state index >= 15 is 0 Å². The van der Waals surface area contributed by atoms with Crippen molar-refractivity contribution in [2.45, 2.75) is 45.2 Å². The molecule has 0 heterocycles. The second-order valence-electron chi connectivity index (χ2n) is 9.67. The molecule has 0 saturated carbocycles. The Labute approximate surface area is 234 Å². The van der Waals surface area contributed by atoms with Crippen LogP contribution in [0.5, 0.6) is 0 Å².